The van der Waals surface area contributed by atoms with Crippen LogP contribution in [0.4, 0.5) is 0 Å². The lowest BCUT2D eigenvalue weighted by Crippen LogP contribution is -2.30. The standard InChI is InChI=1S/C21H23NO7/c1-22(12-14-4-6-17-19(10-14)28-9-8-27-17)20(23)13-29-21(24)15-5-7-16(25-2)18(11-15)26-3/h4-7,10-11H,8-9,12-13H2,1-3H3. The molecule has 154 valence electrons. The number of nitrogens with zero attached hydrogens (tertiary/aromatic N) is 1. The average molecular weight is 401 g/mol. The molecule has 3 rings (SSSR count). The van der Waals surface area contributed by atoms with Crippen LogP contribution in [0.15, 0.2) is 36.4 Å². The highest BCUT2D eigenvalue weighted by molar-refractivity contribution is 5.92. The van der Waals surface area contributed by atoms with Crippen molar-refractivity contribution in [3.63, 3.8) is 0 Å². The Hall–Kier alpha value is -3.42. The zero-order chi connectivity index (χ0) is 20.8. The molecule has 1 heterocycles. The number of amides is 1. The van der Waals surface area contributed by atoms with E-state index in [1.807, 2.05) is 18.2 Å². The first-order valence-electron chi connectivity index (χ1n) is 9.03. The van der Waals surface area contributed by atoms with E-state index in [0.717, 1.165) is 5.56 Å². The summed E-state index contributed by atoms with van der Waals surface area (Å²) in [7, 11) is 4.62. The largest absolute Gasteiger partial charge is 0.493 e. The van der Waals surface area contributed by atoms with Crippen LogP contribution in [0.5, 0.6) is 23.0 Å². The molecule has 0 bridgehead atoms. The second-order valence-corrected chi connectivity index (χ2v) is 6.37. The molecule has 0 aromatic heterocycles. The van der Waals surface area contributed by atoms with Crippen molar-refractivity contribution < 1.29 is 33.3 Å². The highest BCUT2D eigenvalue weighted by atomic mass is 16.6. The van der Waals surface area contributed by atoms with E-state index < -0.39 is 5.97 Å². The molecule has 2 aromatic rings. The van der Waals surface area contributed by atoms with Gasteiger partial charge in [-0.1, -0.05) is 6.07 Å². The molecule has 8 nitrogen and oxygen atoms in total. The summed E-state index contributed by atoms with van der Waals surface area (Å²) in [5.74, 6) is 1.32. The molecule has 29 heavy (non-hydrogen) atoms. The summed E-state index contributed by atoms with van der Waals surface area (Å²) in [5.41, 5.74) is 1.15. The quantitative estimate of drug-likeness (QED) is 0.658. The molecule has 0 aliphatic carbocycles. The van der Waals surface area contributed by atoms with Crippen LogP contribution < -0.4 is 18.9 Å². The summed E-state index contributed by atoms with van der Waals surface area (Å²) in [5, 5.41) is 0. The van der Waals surface area contributed by atoms with Gasteiger partial charge in [-0.25, -0.2) is 4.79 Å². The van der Waals surface area contributed by atoms with Crippen molar-refractivity contribution in [3.8, 4) is 23.0 Å². The second kappa shape index (κ2) is 9.18. The topological polar surface area (TPSA) is 83.5 Å². The molecular weight excluding hydrogens is 378 g/mol. The summed E-state index contributed by atoms with van der Waals surface area (Å²) in [4.78, 5) is 26.1. The lowest BCUT2D eigenvalue weighted by atomic mass is 10.2. The first kappa shape index (κ1) is 20.3. The van der Waals surface area contributed by atoms with Crippen molar-refractivity contribution >= 4 is 11.9 Å². The predicted molar refractivity (Wildman–Crippen MR) is 104 cm³/mol. The van der Waals surface area contributed by atoms with Crippen LogP contribution in [0, 0.1) is 0 Å². The Morgan fingerprint density at radius 3 is 2.41 bits per heavy atom. The number of rotatable bonds is 7. The molecule has 0 saturated heterocycles. The second-order valence-electron chi connectivity index (χ2n) is 6.37. The van der Waals surface area contributed by atoms with Crippen molar-refractivity contribution in [2.45, 2.75) is 6.54 Å². The van der Waals surface area contributed by atoms with Gasteiger partial charge in [-0.3, -0.25) is 4.79 Å². The predicted octanol–water partition coefficient (Wildman–Crippen LogP) is 2.29. The van der Waals surface area contributed by atoms with E-state index >= 15 is 0 Å². The minimum atomic E-state index is -0.618. The van der Waals surface area contributed by atoms with E-state index in [1.54, 1.807) is 19.2 Å². The third kappa shape index (κ3) is 4.90. The Morgan fingerprint density at radius 1 is 0.966 bits per heavy atom. The van der Waals surface area contributed by atoms with Gasteiger partial charge in [-0.2, -0.15) is 0 Å². The molecular formula is C21H23NO7. The van der Waals surface area contributed by atoms with Crippen molar-refractivity contribution in [2.24, 2.45) is 0 Å². The first-order valence-corrected chi connectivity index (χ1v) is 9.03. The number of ether oxygens (including phenoxy) is 5. The van der Waals surface area contributed by atoms with Gasteiger partial charge < -0.3 is 28.6 Å². The molecule has 2 aromatic carbocycles. The number of fused-ring (bicyclic) bond motifs is 1. The maximum Gasteiger partial charge on any atom is 0.338 e. The zero-order valence-electron chi connectivity index (χ0n) is 16.6. The normalized spacial score (nSPS) is 12.1. The number of carbonyl (C=O) groups is 2. The SMILES string of the molecule is COc1ccc(C(=O)OCC(=O)N(C)Cc2ccc3c(c2)OCCO3)cc1OC. The molecule has 0 radical (unpaired) electrons. The van der Waals surface area contributed by atoms with Gasteiger partial charge in [0.15, 0.2) is 29.6 Å². The van der Waals surface area contributed by atoms with Crippen molar-refractivity contribution in [2.75, 3.05) is 41.1 Å². The zero-order valence-corrected chi connectivity index (χ0v) is 16.6. The van der Waals surface area contributed by atoms with E-state index in [-0.39, 0.29) is 18.1 Å². The fourth-order valence-corrected chi connectivity index (χ4v) is 2.83. The summed E-state index contributed by atoms with van der Waals surface area (Å²) >= 11 is 0. The molecule has 0 unspecified atom stereocenters. The third-order valence-electron chi connectivity index (χ3n) is 4.40. The van der Waals surface area contributed by atoms with E-state index in [9.17, 15) is 9.59 Å². The van der Waals surface area contributed by atoms with Crippen LogP contribution in [-0.2, 0) is 16.1 Å². The highest BCUT2D eigenvalue weighted by Gasteiger charge is 2.17. The summed E-state index contributed by atoms with van der Waals surface area (Å²) in [6, 6.07) is 10.2. The van der Waals surface area contributed by atoms with Gasteiger partial charge in [0, 0.05) is 13.6 Å². The van der Waals surface area contributed by atoms with Crippen molar-refractivity contribution in [1.82, 2.24) is 4.90 Å². The van der Waals surface area contributed by atoms with E-state index in [4.69, 9.17) is 23.7 Å². The molecule has 0 saturated carbocycles. The third-order valence-corrected chi connectivity index (χ3v) is 4.40. The molecule has 8 heteroatoms. The van der Waals surface area contributed by atoms with Crippen molar-refractivity contribution in [1.29, 1.82) is 0 Å². The van der Waals surface area contributed by atoms with Crippen LogP contribution >= 0.6 is 0 Å². The Kier molecular flexibility index (Phi) is 6.43. The molecule has 1 amide bonds. The number of carbonyl (C=O) groups excluding carboxylic acids is 2. The number of esters is 1. The van der Waals surface area contributed by atoms with Crippen LogP contribution in [0.2, 0.25) is 0 Å². The summed E-state index contributed by atoms with van der Waals surface area (Å²) in [6.07, 6.45) is 0. The Labute approximate surface area is 168 Å². The number of likely N-dealkylation sites (N-methyl/N-ethyl adjacent to an activating group) is 1. The van der Waals surface area contributed by atoms with Crippen molar-refractivity contribution in [3.05, 3.63) is 47.5 Å². The van der Waals surface area contributed by atoms with E-state index in [0.29, 0.717) is 42.8 Å². The van der Waals surface area contributed by atoms with Gasteiger partial charge in [-0.05, 0) is 35.9 Å². The minimum absolute atomic E-state index is 0.268. The molecule has 1 aliphatic rings. The number of hydrogen-bond donors (Lipinski definition) is 0. The lowest BCUT2D eigenvalue weighted by Gasteiger charge is -2.21. The molecule has 0 atom stereocenters. The van der Waals surface area contributed by atoms with E-state index in [1.165, 1.54) is 25.2 Å². The van der Waals surface area contributed by atoms with Gasteiger partial charge >= 0.3 is 5.97 Å². The maximum atomic E-state index is 12.3. The van der Waals surface area contributed by atoms with Crippen LogP contribution in [0.1, 0.15) is 15.9 Å². The number of benzene rings is 2. The number of methoxy groups -OCH3 is 2. The molecule has 0 spiro atoms. The van der Waals surface area contributed by atoms with Gasteiger partial charge in [0.05, 0.1) is 19.8 Å². The molecule has 1 aliphatic heterocycles. The summed E-state index contributed by atoms with van der Waals surface area (Å²) in [6.45, 7) is 1.01. The summed E-state index contributed by atoms with van der Waals surface area (Å²) < 4.78 is 26.5. The fraction of sp³-hybridized carbons (Fsp3) is 0.333. The van der Waals surface area contributed by atoms with Gasteiger partial charge in [0.1, 0.15) is 13.2 Å². The van der Waals surface area contributed by atoms with Crippen LogP contribution in [0.3, 0.4) is 0 Å². The smallest absolute Gasteiger partial charge is 0.338 e. The molecule has 0 N–H and O–H groups in total. The minimum Gasteiger partial charge on any atom is -0.493 e. The lowest BCUT2D eigenvalue weighted by molar-refractivity contribution is -0.133. The highest BCUT2D eigenvalue weighted by Crippen LogP contribution is 2.31. The van der Waals surface area contributed by atoms with Gasteiger partial charge in [0.2, 0.25) is 0 Å². The van der Waals surface area contributed by atoms with Crippen LogP contribution in [-0.4, -0.2) is 57.9 Å². The van der Waals surface area contributed by atoms with Gasteiger partial charge in [-0.15, -0.1) is 0 Å². The van der Waals surface area contributed by atoms with Gasteiger partial charge in [0.25, 0.3) is 5.91 Å². The van der Waals surface area contributed by atoms with Crippen LogP contribution in [0.25, 0.3) is 0 Å². The number of hydrogen-bond acceptors (Lipinski definition) is 7. The Morgan fingerprint density at radius 2 is 1.69 bits per heavy atom. The maximum absolute atomic E-state index is 12.3. The fourth-order valence-electron chi connectivity index (χ4n) is 2.83. The Bertz CT molecular complexity index is 897. The average Bonchev–Trinajstić information content (AvgIpc) is 2.76. The Balaban J connectivity index is 1.55. The molecule has 0 fully saturated rings. The monoisotopic (exact) mass is 401 g/mol. The van der Waals surface area contributed by atoms with E-state index in [2.05, 4.69) is 0 Å². The first-order chi connectivity index (χ1) is 14.0.